The van der Waals surface area contributed by atoms with Crippen molar-refractivity contribution in [1.29, 1.82) is 0 Å². The lowest BCUT2D eigenvalue weighted by atomic mass is 9.71. The van der Waals surface area contributed by atoms with Crippen LogP contribution < -0.4 is 5.32 Å². The number of nitrogens with one attached hydrogen (secondary N) is 1. The van der Waals surface area contributed by atoms with Crippen molar-refractivity contribution in [2.24, 2.45) is 5.92 Å². The Kier molecular flexibility index (Phi) is 4.46. The first-order chi connectivity index (χ1) is 9.80. The molecule has 0 aliphatic heterocycles. The van der Waals surface area contributed by atoms with Gasteiger partial charge in [-0.1, -0.05) is 33.1 Å². The number of aryl methyl sites for hydroxylation is 2. The van der Waals surface area contributed by atoms with Gasteiger partial charge in [0.2, 0.25) is 0 Å². The van der Waals surface area contributed by atoms with Gasteiger partial charge in [0.05, 0.1) is 11.2 Å². The molecule has 20 heavy (non-hydrogen) atoms. The Bertz CT molecular complexity index is 426. The molecule has 3 heteroatoms. The van der Waals surface area contributed by atoms with E-state index in [9.17, 15) is 0 Å². The molecular weight excluding hydrogens is 264 g/mol. The first-order valence-corrected chi connectivity index (χ1v) is 9.36. The van der Waals surface area contributed by atoms with Crippen LogP contribution in [0, 0.1) is 5.92 Å². The van der Waals surface area contributed by atoms with Crippen LogP contribution in [0.5, 0.6) is 0 Å². The highest BCUT2D eigenvalue weighted by Crippen LogP contribution is 2.45. The van der Waals surface area contributed by atoms with Gasteiger partial charge >= 0.3 is 0 Å². The molecule has 0 radical (unpaired) electrons. The molecule has 1 aromatic rings. The van der Waals surface area contributed by atoms with Gasteiger partial charge in [-0.3, -0.25) is 0 Å². The molecule has 0 spiro atoms. The molecule has 2 nitrogen and oxygen atoms in total. The highest BCUT2D eigenvalue weighted by atomic mass is 32.1. The zero-order chi connectivity index (χ0) is 14.0. The molecule has 112 valence electrons. The zero-order valence-electron chi connectivity index (χ0n) is 13.0. The van der Waals surface area contributed by atoms with E-state index in [4.69, 9.17) is 4.98 Å². The summed E-state index contributed by atoms with van der Waals surface area (Å²) in [6.45, 7) is 5.66. The van der Waals surface area contributed by atoms with Gasteiger partial charge in [0.15, 0.2) is 0 Å². The molecule has 1 fully saturated rings. The molecule has 2 aliphatic carbocycles. The van der Waals surface area contributed by atoms with Crippen molar-refractivity contribution < 1.29 is 0 Å². The monoisotopic (exact) mass is 292 g/mol. The van der Waals surface area contributed by atoms with E-state index in [1.54, 1.807) is 4.88 Å². The standard InChI is InChI=1S/C17H28N2S/c1-3-13-9-7-8-12-17(13,18-4-2)16-19-14-10-5-6-11-15(14)20-16/h13,18H,3-12H2,1-2H3. The Morgan fingerprint density at radius 1 is 1.20 bits per heavy atom. The van der Waals surface area contributed by atoms with Crippen molar-refractivity contribution >= 4 is 11.3 Å². The lowest BCUT2D eigenvalue weighted by Gasteiger charge is -2.43. The highest BCUT2D eigenvalue weighted by molar-refractivity contribution is 7.11. The van der Waals surface area contributed by atoms with E-state index in [0.717, 1.165) is 12.5 Å². The maximum Gasteiger partial charge on any atom is 0.114 e. The van der Waals surface area contributed by atoms with Crippen LogP contribution in [-0.2, 0) is 18.4 Å². The summed E-state index contributed by atoms with van der Waals surface area (Å²) in [6.07, 6.45) is 11.9. The summed E-state index contributed by atoms with van der Waals surface area (Å²) in [7, 11) is 0. The predicted octanol–water partition coefficient (Wildman–Crippen LogP) is 4.43. The summed E-state index contributed by atoms with van der Waals surface area (Å²) < 4.78 is 0. The number of fused-ring (bicyclic) bond motifs is 1. The average Bonchev–Trinajstić information content (AvgIpc) is 2.92. The SMILES string of the molecule is CCNC1(c2nc3c(s2)CCCC3)CCCCC1CC. The lowest BCUT2D eigenvalue weighted by molar-refractivity contribution is 0.137. The number of hydrogen-bond acceptors (Lipinski definition) is 3. The normalized spacial score (nSPS) is 30.2. The molecule has 1 aromatic heterocycles. The zero-order valence-corrected chi connectivity index (χ0v) is 13.8. The molecular formula is C17H28N2S. The fraction of sp³-hybridized carbons (Fsp3) is 0.824. The third-order valence-corrected chi connectivity index (χ3v) is 6.62. The van der Waals surface area contributed by atoms with Crippen molar-refractivity contribution in [2.75, 3.05) is 6.54 Å². The van der Waals surface area contributed by atoms with Gasteiger partial charge in [0.25, 0.3) is 0 Å². The topological polar surface area (TPSA) is 24.9 Å². The summed E-state index contributed by atoms with van der Waals surface area (Å²) in [6, 6.07) is 0. The second-order valence-corrected chi connectivity index (χ2v) is 7.53. The van der Waals surface area contributed by atoms with Crippen LogP contribution in [0.2, 0.25) is 0 Å². The van der Waals surface area contributed by atoms with E-state index < -0.39 is 0 Å². The maximum atomic E-state index is 5.12. The molecule has 1 saturated carbocycles. The van der Waals surface area contributed by atoms with Crippen LogP contribution in [0.15, 0.2) is 0 Å². The third kappa shape index (κ3) is 2.43. The molecule has 1 heterocycles. The second kappa shape index (κ2) is 6.15. The van der Waals surface area contributed by atoms with E-state index in [2.05, 4.69) is 19.2 Å². The lowest BCUT2D eigenvalue weighted by Crippen LogP contribution is -2.50. The number of aromatic nitrogens is 1. The van der Waals surface area contributed by atoms with Gasteiger partial charge in [-0.05, 0) is 51.0 Å². The van der Waals surface area contributed by atoms with Crippen molar-refractivity contribution in [1.82, 2.24) is 10.3 Å². The summed E-state index contributed by atoms with van der Waals surface area (Å²) in [5.74, 6) is 0.767. The van der Waals surface area contributed by atoms with Crippen LogP contribution >= 0.6 is 11.3 Å². The van der Waals surface area contributed by atoms with E-state index in [1.807, 2.05) is 11.3 Å². The number of nitrogens with zero attached hydrogens (tertiary/aromatic N) is 1. The Hall–Kier alpha value is -0.410. The molecule has 3 rings (SSSR count). The van der Waals surface area contributed by atoms with E-state index >= 15 is 0 Å². The molecule has 2 atom stereocenters. The van der Waals surface area contributed by atoms with Crippen LogP contribution in [0.4, 0.5) is 0 Å². The van der Waals surface area contributed by atoms with Crippen molar-refractivity contribution in [3.05, 3.63) is 15.6 Å². The molecule has 0 bridgehead atoms. The Balaban J connectivity index is 1.98. The minimum absolute atomic E-state index is 0.184. The number of rotatable bonds is 4. The molecule has 2 aliphatic rings. The highest BCUT2D eigenvalue weighted by Gasteiger charge is 2.43. The van der Waals surface area contributed by atoms with Gasteiger partial charge < -0.3 is 5.32 Å². The molecule has 0 saturated heterocycles. The Morgan fingerprint density at radius 2 is 2.05 bits per heavy atom. The fourth-order valence-electron chi connectivity index (χ4n) is 4.25. The number of thiazole rings is 1. The summed E-state index contributed by atoms with van der Waals surface area (Å²) >= 11 is 2.03. The molecule has 0 aromatic carbocycles. The van der Waals surface area contributed by atoms with E-state index in [0.29, 0.717) is 0 Å². The van der Waals surface area contributed by atoms with E-state index in [-0.39, 0.29) is 5.54 Å². The minimum atomic E-state index is 0.184. The molecule has 2 unspecified atom stereocenters. The summed E-state index contributed by atoms with van der Waals surface area (Å²) in [5, 5.41) is 5.29. The van der Waals surface area contributed by atoms with Crippen LogP contribution in [0.25, 0.3) is 0 Å². The second-order valence-electron chi connectivity index (χ2n) is 6.45. The van der Waals surface area contributed by atoms with Gasteiger partial charge in [-0.25, -0.2) is 4.98 Å². The van der Waals surface area contributed by atoms with Crippen LogP contribution in [-0.4, -0.2) is 11.5 Å². The van der Waals surface area contributed by atoms with Gasteiger partial charge in [0, 0.05) is 4.88 Å². The molecule has 0 amide bonds. The maximum absolute atomic E-state index is 5.12. The Morgan fingerprint density at radius 3 is 2.80 bits per heavy atom. The Labute approximate surface area is 127 Å². The van der Waals surface area contributed by atoms with Crippen molar-refractivity contribution in [2.45, 2.75) is 77.2 Å². The quantitative estimate of drug-likeness (QED) is 0.888. The first kappa shape index (κ1) is 14.5. The van der Waals surface area contributed by atoms with Gasteiger partial charge in [-0.15, -0.1) is 11.3 Å². The van der Waals surface area contributed by atoms with E-state index in [1.165, 1.54) is 68.5 Å². The average molecular weight is 292 g/mol. The fourth-order valence-corrected chi connectivity index (χ4v) is 5.67. The van der Waals surface area contributed by atoms with Crippen molar-refractivity contribution in [3.63, 3.8) is 0 Å². The minimum Gasteiger partial charge on any atom is -0.305 e. The summed E-state index contributed by atoms with van der Waals surface area (Å²) in [4.78, 5) is 6.71. The van der Waals surface area contributed by atoms with Crippen LogP contribution in [0.3, 0.4) is 0 Å². The molecule has 1 N–H and O–H groups in total. The first-order valence-electron chi connectivity index (χ1n) is 8.54. The van der Waals surface area contributed by atoms with Crippen molar-refractivity contribution in [3.8, 4) is 0 Å². The summed E-state index contributed by atoms with van der Waals surface area (Å²) in [5.41, 5.74) is 1.61. The number of hydrogen-bond donors (Lipinski definition) is 1. The third-order valence-electron chi connectivity index (χ3n) is 5.28. The van der Waals surface area contributed by atoms with Gasteiger partial charge in [-0.2, -0.15) is 0 Å². The van der Waals surface area contributed by atoms with Gasteiger partial charge in [0.1, 0.15) is 5.01 Å². The predicted molar refractivity (Wildman–Crippen MR) is 86.4 cm³/mol. The van der Waals surface area contributed by atoms with Crippen LogP contribution in [0.1, 0.15) is 74.4 Å². The smallest absolute Gasteiger partial charge is 0.114 e. The largest absolute Gasteiger partial charge is 0.305 e.